The molecular formula is C7H11N3O5S. The Morgan fingerprint density at radius 3 is 2.38 bits per heavy atom. The quantitative estimate of drug-likeness (QED) is 0.332. The Morgan fingerprint density at radius 1 is 1.31 bits per heavy atom. The Bertz CT molecular complexity index is 429. The van der Waals surface area contributed by atoms with Gasteiger partial charge in [-0.05, 0) is 6.42 Å². The lowest BCUT2D eigenvalue weighted by atomic mass is 10.4. The third-order valence-electron chi connectivity index (χ3n) is 1.83. The summed E-state index contributed by atoms with van der Waals surface area (Å²) in [6.07, 6.45) is 1.25. The van der Waals surface area contributed by atoms with Gasteiger partial charge in [0.1, 0.15) is 0 Å². The molecule has 0 aromatic carbocycles. The first-order valence-electron chi connectivity index (χ1n) is 4.43. The van der Waals surface area contributed by atoms with Crippen LogP contribution >= 0.6 is 0 Å². The molecule has 0 unspecified atom stereocenters. The van der Waals surface area contributed by atoms with Crippen LogP contribution < -0.4 is 10.0 Å². The maximum Gasteiger partial charge on any atom is 0.331 e. The summed E-state index contributed by atoms with van der Waals surface area (Å²) < 4.78 is 23.6. The molecule has 4 amide bonds. The van der Waals surface area contributed by atoms with Gasteiger partial charge in [-0.2, -0.15) is 0 Å². The topological polar surface area (TPSA) is 113 Å². The zero-order chi connectivity index (χ0) is 12.3. The maximum absolute atomic E-state index is 11.1. The second-order valence-electron chi connectivity index (χ2n) is 3.24. The Balaban J connectivity index is 2.36. The van der Waals surface area contributed by atoms with Crippen LogP contribution in [0.5, 0.6) is 0 Å². The number of nitrogens with one attached hydrogen (secondary N) is 2. The zero-order valence-electron chi connectivity index (χ0n) is 8.52. The van der Waals surface area contributed by atoms with Gasteiger partial charge in [-0.3, -0.25) is 19.8 Å². The van der Waals surface area contributed by atoms with E-state index in [2.05, 4.69) is 4.72 Å². The number of sulfonamides is 1. The number of amides is 4. The lowest BCUT2D eigenvalue weighted by molar-refractivity contribution is -0.140. The van der Waals surface area contributed by atoms with E-state index in [0.29, 0.717) is 0 Å². The molecule has 1 aliphatic heterocycles. The maximum atomic E-state index is 11.1. The molecule has 1 saturated heterocycles. The van der Waals surface area contributed by atoms with Crippen LogP contribution in [0.3, 0.4) is 0 Å². The number of carbonyl (C=O) groups excluding carboxylic acids is 3. The minimum atomic E-state index is -3.28. The second-order valence-corrected chi connectivity index (χ2v) is 5.07. The van der Waals surface area contributed by atoms with Gasteiger partial charge in [-0.25, -0.2) is 17.9 Å². The van der Waals surface area contributed by atoms with Crippen molar-refractivity contribution in [2.45, 2.75) is 6.42 Å². The average Bonchev–Trinajstić information content (AvgIpc) is 2.36. The van der Waals surface area contributed by atoms with Crippen LogP contribution in [0.2, 0.25) is 0 Å². The zero-order valence-corrected chi connectivity index (χ0v) is 9.33. The molecule has 0 aromatic rings. The summed E-state index contributed by atoms with van der Waals surface area (Å²) in [5.74, 6) is -1.87. The molecule has 0 spiro atoms. The van der Waals surface area contributed by atoms with Crippen molar-refractivity contribution in [2.75, 3.05) is 19.3 Å². The van der Waals surface area contributed by atoms with Crippen molar-refractivity contribution in [1.82, 2.24) is 14.9 Å². The molecular weight excluding hydrogens is 238 g/mol. The Kier molecular flexibility index (Phi) is 3.60. The molecule has 90 valence electrons. The summed E-state index contributed by atoms with van der Waals surface area (Å²) in [4.78, 5) is 33.6. The molecule has 2 N–H and O–H groups in total. The Hall–Kier alpha value is -1.48. The molecule has 0 atom stereocenters. The van der Waals surface area contributed by atoms with E-state index in [1.165, 1.54) is 0 Å². The molecule has 9 heteroatoms. The van der Waals surface area contributed by atoms with Crippen LogP contribution in [0.25, 0.3) is 0 Å². The number of hydrogen-bond donors (Lipinski definition) is 2. The lowest BCUT2D eigenvalue weighted by Crippen LogP contribution is -2.34. The number of imide groups is 2. The molecule has 0 radical (unpaired) electrons. The van der Waals surface area contributed by atoms with Crippen LogP contribution in [0.15, 0.2) is 0 Å². The van der Waals surface area contributed by atoms with E-state index >= 15 is 0 Å². The molecule has 1 fully saturated rings. The minimum Gasteiger partial charge on any atom is -0.269 e. The smallest absolute Gasteiger partial charge is 0.269 e. The van der Waals surface area contributed by atoms with Crippen LogP contribution in [0, 0.1) is 0 Å². The normalized spacial score (nSPS) is 16.8. The van der Waals surface area contributed by atoms with Crippen molar-refractivity contribution in [2.24, 2.45) is 0 Å². The van der Waals surface area contributed by atoms with Gasteiger partial charge in [0, 0.05) is 13.1 Å². The minimum absolute atomic E-state index is 0.00106. The van der Waals surface area contributed by atoms with E-state index in [1.54, 1.807) is 0 Å². The van der Waals surface area contributed by atoms with E-state index in [1.807, 2.05) is 5.32 Å². The highest BCUT2D eigenvalue weighted by atomic mass is 32.2. The van der Waals surface area contributed by atoms with E-state index < -0.39 is 27.9 Å². The lowest BCUT2D eigenvalue weighted by Gasteiger charge is -2.10. The number of hydrogen-bond acceptors (Lipinski definition) is 5. The fourth-order valence-corrected chi connectivity index (χ4v) is 1.65. The largest absolute Gasteiger partial charge is 0.331 e. The second kappa shape index (κ2) is 4.58. The summed E-state index contributed by atoms with van der Waals surface area (Å²) >= 11 is 0. The highest BCUT2D eigenvalue weighted by Crippen LogP contribution is 2.01. The Morgan fingerprint density at radius 2 is 1.94 bits per heavy atom. The van der Waals surface area contributed by atoms with Crippen molar-refractivity contribution in [3.8, 4) is 0 Å². The van der Waals surface area contributed by atoms with Gasteiger partial charge in [0.15, 0.2) is 0 Å². The molecule has 0 saturated carbocycles. The van der Waals surface area contributed by atoms with Gasteiger partial charge in [-0.1, -0.05) is 0 Å². The predicted molar refractivity (Wildman–Crippen MR) is 52.7 cm³/mol. The van der Waals surface area contributed by atoms with Crippen molar-refractivity contribution in [3.05, 3.63) is 0 Å². The third kappa shape index (κ3) is 3.28. The molecule has 0 aromatic heterocycles. The molecule has 1 rings (SSSR count). The average molecular weight is 249 g/mol. The van der Waals surface area contributed by atoms with E-state index in [4.69, 9.17) is 0 Å². The highest BCUT2D eigenvalue weighted by molar-refractivity contribution is 7.88. The van der Waals surface area contributed by atoms with Gasteiger partial charge in [-0.15, -0.1) is 0 Å². The van der Waals surface area contributed by atoms with Gasteiger partial charge in [0.25, 0.3) is 0 Å². The van der Waals surface area contributed by atoms with Gasteiger partial charge >= 0.3 is 17.8 Å². The first-order chi connectivity index (χ1) is 7.31. The van der Waals surface area contributed by atoms with Crippen LogP contribution in [-0.4, -0.2) is 50.5 Å². The van der Waals surface area contributed by atoms with Gasteiger partial charge in [0.2, 0.25) is 10.0 Å². The first-order valence-corrected chi connectivity index (χ1v) is 6.32. The molecule has 1 aliphatic rings. The molecule has 16 heavy (non-hydrogen) atoms. The SMILES string of the molecule is CS(=O)(=O)NCCCN1C(=O)NC(=O)C1=O. The highest BCUT2D eigenvalue weighted by Gasteiger charge is 2.36. The van der Waals surface area contributed by atoms with E-state index in [-0.39, 0.29) is 19.5 Å². The van der Waals surface area contributed by atoms with Crippen LogP contribution in [0.4, 0.5) is 4.79 Å². The summed E-state index contributed by atoms with van der Waals surface area (Å²) in [6.45, 7) is 0.100. The monoisotopic (exact) mass is 249 g/mol. The number of rotatable bonds is 5. The van der Waals surface area contributed by atoms with Crippen molar-refractivity contribution >= 4 is 27.9 Å². The van der Waals surface area contributed by atoms with Crippen molar-refractivity contribution in [1.29, 1.82) is 0 Å². The van der Waals surface area contributed by atoms with Crippen LogP contribution in [0.1, 0.15) is 6.42 Å². The number of urea groups is 1. The van der Waals surface area contributed by atoms with Crippen molar-refractivity contribution in [3.63, 3.8) is 0 Å². The summed E-state index contributed by atoms with van der Waals surface area (Å²) in [6, 6.07) is -0.769. The summed E-state index contributed by atoms with van der Waals surface area (Å²) in [5, 5.41) is 1.83. The predicted octanol–water partition coefficient (Wildman–Crippen LogP) is -2.00. The van der Waals surface area contributed by atoms with E-state index in [0.717, 1.165) is 11.2 Å². The number of carbonyl (C=O) groups is 3. The summed E-state index contributed by atoms with van der Waals surface area (Å²) in [7, 11) is -3.28. The fraction of sp³-hybridized carbons (Fsp3) is 0.571. The van der Waals surface area contributed by atoms with E-state index in [9.17, 15) is 22.8 Å². The fourth-order valence-electron chi connectivity index (χ4n) is 1.13. The molecule has 1 heterocycles. The van der Waals surface area contributed by atoms with Gasteiger partial charge < -0.3 is 0 Å². The number of nitrogens with zero attached hydrogens (tertiary/aromatic N) is 1. The Labute approximate surface area is 92.0 Å². The third-order valence-corrected chi connectivity index (χ3v) is 2.56. The van der Waals surface area contributed by atoms with Crippen molar-refractivity contribution < 1.29 is 22.8 Å². The summed E-state index contributed by atoms with van der Waals surface area (Å²) in [5.41, 5.74) is 0. The molecule has 0 aliphatic carbocycles. The standard InChI is InChI=1S/C7H11N3O5S/c1-16(14,15)8-3-2-4-10-6(12)5(11)9-7(10)13/h8H,2-4H2,1H3,(H,9,11,13). The molecule has 0 bridgehead atoms. The molecule has 8 nitrogen and oxygen atoms in total. The van der Waals surface area contributed by atoms with Crippen LogP contribution in [-0.2, 0) is 19.6 Å². The van der Waals surface area contributed by atoms with Gasteiger partial charge in [0.05, 0.1) is 6.26 Å². The first kappa shape index (κ1) is 12.6.